The van der Waals surface area contributed by atoms with Crippen molar-refractivity contribution in [2.45, 2.75) is 33.0 Å². The Morgan fingerprint density at radius 2 is 2.04 bits per heavy atom. The quantitative estimate of drug-likeness (QED) is 0.688. The molecule has 2 atom stereocenters. The van der Waals surface area contributed by atoms with Crippen LogP contribution in [-0.2, 0) is 21.2 Å². The van der Waals surface area contributed by atoms with E-state index in [1.807, 2.05) is 26.0 Å². The standard InChI is InChI=1S/C18H25N3O4S2/c1-13-8-14(2)10-15(9-13)17-19-21(18(26)25-17)12-20(5-6-24-3)16-4-7-27(22,23)11-16/h8-10,16H,4-7,11-12H2,1-3H3/p+1/t16-/m1/s1. The maximum atomic E-state index is 11.9. The van der Waals surface area contributed by atoms with Crippen LogP contribution in [-0.4, -0.2) is 56.0 Å². The molecule has 9 heteroatoms. The van der Waals surface area contributed by atoms with Crippen molar-refractivity contribution in [1.29, 1.82) is 0 Å². The lowest BCUT2D eigenvalue weighted by atomic mass is 10.1. The van der Waals surface area contributed by atoms with E-state index in [2.05, 4.69) is 11.2 Å². The molecule has 1 aromatic heterocycles. The molecule has 0 radical (unpaired) electrons. The number of rotatable bonds is 7. The molecule has 0 amide bonds. The van der Waals surface area contributed by atoms with Crippen LogP contribution in [0, 0.1) is 18.7 Å². The van der Waals surface area contributed by atoms with E-state index in [4.69, 9.17) is 21.4 Å². The number of methoxy groups -OCH3 is 1. The summed E-state index contributed by atoms with van der Waals surface area (Å²) in [6, 6.07) is 6.13. The lowest BCUT2D eigenvalue weighted by molar-refractivity contribution is -0.945. The van der Waals surface area contributed by atoms with E-state index in [0.717, 1.165) is 21.6 Å². The van der Waals surface area contributed by atoms with Gasteiger partial charge in [0, 0.05) is 19.1 Å². The largest absolute Gasteiger partial charge is 0.409 e. The van der Waals surface area contributed by atoms with Crippen LogP contribution < -0.4 is 4.90 Å². The zero-order valence-corrected chi connectivity index (χ0v) is 17.5. The van der Waals surface area contributed by atoms with E-state index in [-0.39, 0.29) is 17.5 Å². The number of aryl methyl sites for hydroxylation is 2. The molecule has 7 nitrogen and oxygen atoms in total. The number of benzene rings is 1. The van der Waals surface area contributed by atoms with Crippen molar-refractivity contribution in [3.8, 4) is 11.5 Å². The molecule has 1 fully saturated rings. The maximum Gasteiger partial charge on any atom is 0.292 e. The van der Waals surface area contributed by atoms with E-state index < -0.39 is 9.84 Å². The van der Waals surface area contributed by atoms with Gasteiger partial charge in [-0.3, -0.25) is 0 Å². The van der Waals surface area contributed by atoms with Crippen LogP contribution in [0.1, 0.15) is 17.5 Å². The van der Waals surface area contributed by atoms with Gasteiger partial charge in [0.1, 0.15) is 18.3 Å². The lowest BCUT2D eigenvalue weighted by Gasteiger charge is -2.24. The molecule has 3 rings (SSSR count). The summed E-state index contributed by atoms with van der Waals surface area (Å²) in [5, 5.41) is 4.55. The summed E-state index contributed by atoms with van der Waals surface area (Å²) >= 11 is 5.36. The van der Waals surface area contributed by atoms with Gasteiger partial charge in [-0.1, -0.05) is 17.2 Å². The van der Waals surface area contributed by atoms with Crippen LogP contribution in [0.4, 0.5) is 0 Å². The van der Waals surface area contributed by atoms with Crippen molar-refractivity contribution >= 4 is 22.1 Å². The Hall–Kier alpha value is -1.55. The molecule has 2 aromatic rings. The molecule has 0 saturated carbocycles. The Bertz CT molecular complexity index is 945. The molecule has 1 aliphatic heterocycles. The van der Waals surface area contributed by atoms with Crippen molar-refractivity contribution in [2.75, 3.05) is 31.8 Å². The smallest absolute Gasteiger partial charge is 0.292 e. The Balaban J connectivity index is 1.84. The monoisotopic (exact) mass is 412 g/mol. The second-order valence-corrected chi connectivity index (χ2v) is 9.79. The predicted octanol–water partition coefficient (Wildman–Crippen LogP) is 1.17. The molecular weight excluding hydrogens is 386 g/mol. The number of nitrogens with one attached hydrogen (secondary N) is 1. The molecule has 1 unspecified atom stereocenters. The van der Waals surface area contributed by atoms with Crippen LogP contribution in [0.25, 0.3) is 11.5 Å². The van der Waals surface area contributed by atoms with Gasteiger partial charge in [-0.2, -0.15) is 4.68 Å². The minimum Gasteiger partial charge on any atom is -0.409 e. The molecule has 0 aliphatic carbocycles. The molecule has 1 saturated heterocycles. The molecule has 1 N–H and O–H groups in total. The van der Waals surface area contributed by atoms with Gasteiger partial charge in [-0.15, -0.1) is 5.10 Å². The minimum absolute atomic E-state index is 0.0217. The fourth-order valence-corrected chi connectivity index (χ4v) is 5.59. The molecule has 2 heterocycles. The van der Waals surface area contributed by atoms with Gasteiger partial charge >= 0.3 is 0 Å². The summed E-state index contributed by atoms with van der Waals surface area (Å²) in [4.78, 5) is 1.38. The Morgan fingerprint density at radius 3 is 2.63 bits per heavy atom. The predicted molar refractivity (Wildman–Crippen MR) is 105 cm³/mol. The van der Waals surface area contributed by atoms with Crippen molar-refractivity contribution in [1.82, 2.24) is 9.78 Å². The minimum atomic E-state index is -2.96. The Kier molecular flexibility index (Phi) is 6.15. The average molecular weight is 413 g/mol. The lowest BCUT2D eigenvalue weighted by Crippen LogP contribution is -3.16. The first-order valence-electron chi connectivity index (χ1n) is 8.98. The van der Waals surface area contributed by atoms with Gasteiger partial charge in [0.05, 0.1) is 12.4 Å². The molecule has 27 heavy (non-hydrogen) atoms. The second-order valence-electron chi connectivity index (χ2n) is 7.21. The third-order valence-corrected chi connectivity index (χ3v) is 6.93. The van der Waals surface area contributed by atoms with Crippen molar-refractivity contribution in [3.05, 3.63) is 34.2 Å². The fourth-order valence-electron chi connectivity index (χ4n) is 3.58. The number of hydrogen-bond acceptors (Lipinski definition) is 6. The molecular formula is C18H26N3O4S2+. The van der Waals surface area contributed by atoms with Gasteiger partial charge in [-0.25, -0.2) is 8.42 Å². The van der Waals surface area contributed by atoms with Gasteiger partial charge < -0.3 is 14.1 Å². The van der Waals surface area contributed by atoms with E-state index in [1.165, 1.54) is 0 Å². The normalized spacial score (nSPS) is 20.0. The molecule has 1 aliphatic rings. The van der Waals surface area contributed by atoms with Gasteiger partial charge in [0.25, 0.3) is 4.84 Å². The van der Waals surface area contributed by atoms with Crippen LogP contribution in [0.2, 0.25) is 0 Å². The molecule has 0 bridgehead atoms. The first-order chi connectivity index (χ1) is 12.8. The third kappa shape index (κ3) is 5.04. The van der Waals surface area contributed by atoms with Crippen molar-refractivity contribution in [2.24, 2.45) is 0 Å². The maximum absolute atomic E-state index is 11.9. The highest BCUT2D eigenvalue weighted by molar-refractivity contribution is 7.91. The summed E-state index contributed by atoms with van der Waals surface area (Å²) in [6.45, 7) is 5.74. The van der Waals surface area contributed by atoms with Gasteiger partial charge in [0.2, 0.25) is 5.89 Å². The number of hydrogen-bond donors (Lipinski definition) is 1. The highest BCUT2D eigenvalue weighted by atomic mass is 32.2. The summed E-state index contributed by atoms with van der Waals surface area (Å²) in [5.74, 6) is 0.921. The van der Waals surface area contributed by atoms with Crippen LogP contribution in [0.3, 0.4) is 0 Å². The van der Waals surface area contributed by atoms with Crippen LogP contribution >= 0.6 is 12.2 Å². The molecule has 0 spiro atoms. The van der Waals surface area contributed by atoms with E-state index in [0.29, 0.717) is 37.0 Å². The number of aromatic nitrogens is 2. The number of quaternary nitrogens is 1. The van der Waals surface area contributed by atoms with E-state index >= 15 is 0 Å². The highest BCUT2D eigenvalue weighted by Gasteiger charge is 2.35. The van der Waals surface area contributed by atoms with Gasteiger partial charge in [-0.05, 0) is 38.2 Å². The summed E-state index contributed by atoms with van der Waals surface area (Å²) in [6.07, 6.45) is 0.649. The Labute approximate surface area is 164 Å². The highest BCUT2D eigenvalue weighted by Crippen LogP contribution is 2.21. The first kappa shape index (κ1) is 20.2. The summed E-state index contributed by atoms with van der Waals surface area (Å²) in [5.41, 5.74) is 3.15. The SMILES string of the molecule is COCC[NH+](Cn1nc(-c2cc(C)cc(C)c2)oc1=S)[C@@H]1CCS(=O)(=O)C1. The van der Waals surface area contributed by atoms with E-state index in [9.17, 15) is 8.42 Å². The number of nitrogens with zero attached hydrogens (tertiary/aromatic N) is 2. The van der Waals surface area contributed by atoms with Crippen LogP contribution in [0.15, 0.2) is 22.6 Å². The molecule has 1 aromatic carbocycles. The Morgan fingerprint density at radius 1 is 1.33 bits per heavy atom. The van der Waals surface area contributed by atoms with E-state index in [1.54, 1.807) is 11.8 Å². The zero-order chi connectivity index (χ0) is 19.6. The second kappa shape index (κ2) is 8.22. The van der Waals surface area contributed by atoms with Gasteiger partial charge in [0.15, 0.2) is 16.5 Å². The zero-order valence-electron chi connectivity index (χ0n) is 15.9. The number of sulfone groups is 1. The number of ether oxygens (including phenoxy) is 1. The molecule has 148 valence electrons. The topological polar surface area (TPSA) is 78.8 Å². The van der Waals surface area contributed by atoms with Crippen LogP contribution in [0.5, 0.6) is 0 Å². The van der Waals surface area contributed by atoms with Crippen molar-refractivity contribution in [3.63, 3.8) is 0 Å². The third-order valence-electron chi connectivity index (χ3n) is 4.86. The summed E-state index contributed by atoms with van der Waals surface area (Å²) in [7, 11) is -1.31. The van der Waals surface area contributed by atoms with Crippen molar-refractivity contribution < 1.29 is 22.5 Å². The summed E-state index contributed by atoms with van der Waals surface area (Å²) < 4.78 is 36.3. The first-order valence-corrected chi connectivity index (χ1v) is 11.2. The average Bonchev–Trinajstić information content (AvgIpc) is 3.13. The fraction of sp³-hybridized carbons (Fsp3) is 0.556.